The van der Waals surface area contributed by atoms with Crippen LogP contribution in [0.4, 0.5) is 0 Å². The highest BCUT2D eigenvalue weighted by Crippen LogP contribution is 2.34. The molecule has 1 fully saturated rings. The summed E-state index contributed by atoms with van der Waals surface area (Å²) in [6.07, 6.45) is 3.56. The van der Waals surface area contributed by atoms with Gasteiger partial charge in [-0.25, -0.2) is 0 Å². The molecule has 1 rings (SSSR count). The standard InChI is InChI=1S/C16H26O5/c1-4-7-11-8-9-12(10-13(11)17)14(15(18)20-5-2)16(19)21-6-3/h11-12,14H,4-10H2,1-3H3/t11-,12+/m1/s1. The van der Waals surface area contributed by atoms with Crippen LogP contribution in [0.25, 0.3) is 0 Å². The average Bonchev–Trinajstić information content (AvgIpc) is 2.43. The normalized spacial score (nSPS) is 22.2. The topological polar surface area (TPSA) is 69.7 Å². The van der Waals surface area contributed by atoms with Crippen molar-refractivity contribution in [3.8, 4) is 0 Å². The molecule has 5 nitrogen and oxygen atoms in total. The maximum atomic E-state index is 12.2. The van der Waals surface area contributed by atoms with Gasteiger partial charge in [-0.05, 0) is 39.0 Å². The summed E-state index contributed by atoms with van der Waals surface area (Å²) in [5.74, 6) is -2.14. The molecule has 0 aromatic carbocycles. The van der Waals surface area contributed by atoms with Crippen molar-refractivity contribution in [1.82, 2.24) is 0 Å². The molecule has 5 heteroatoms. The molecule has 2 atom stereocenters. The van der Waals surface area contributed by atoms with Crippen molar-refractivity contribution < 1.29 is 23.9 Å². The van der Waals surface area contributed by atoms with Crippen molar-refractivity contribution in [2.45, 2.75) is 52.9 Å². The van der Waals surface area contributed by atoms with Crippen LogP contribution < -0.4 is 0 Å². The largest absolute Gasteiger partial charge is 0.465 e. The molecule has 120 valence electrons. The van der Waals surface area contributed by atoms with E-state index in [2.05, 4.69) is 6.92 Å². The molecule has 0 amide bonds. The second-order valence-corrected chi connectivity index (χ2v) is 5.48. The van der Waals surface area contributed by atoms with Gasteiger partial charge >= 0.3 is 11.9 Å². The molecule has 0 unspecified atom stereocenters. The molecule has 0 aliphatic heterocycles. The van der Waals surface area contributed by atoms with Gasteiger partial charge in [0.2, 0.25) is 0 Å². The zero-order chi connectivity index (χ0) is 15.8. The molecule has 0 heterocycles. The van der Waals surface area contributed by atoms with Crippen molar-refractivity contribution in [1.29, 1.82) is 0 Å². The Labute approximate surface area is 126 Å². The van der Waals surface area contributed by atoms with Crippen LogP contribution in [-0.4, -0.2) is 30.9 Å². The highest BCUT2D eigenvalue weighted by molar-refractivity contribution is 5.96. The molecule has 1 aliphatic rings. The van der Waals surface area contributed by atoms with Crippen molar-refractivity contribution in [3.05, 3.63) is 0 Å². The van der Waals surface area contributed by atoms with Gasteiger partial charge in [-0.15, -0.1) is 0 Å². The lowest BCUT2D eigenvalue weighted by molar-refractivity contribution is -0.165. The van der Waals surface area contributed by atoms with Gasteiger partial charge in [-0.2, -0.15) is 0 Å². The third-order valence-electron chi connectivity index (χ3n) is 3.99. The number of ether oxygens (including phenoxy) is 2. The first-order chi connectivity index (χ1) is 10.0. The van der Waals surface area contributed by atoms with Gasteiger partial charge in [-0.1, -0.05) is 13.3 Å². The first kappa shape index (κ1) is 17.7. The van der Waals surface area contributed by atoms with E-state index < -0.39 is 17.9 Å². The smallest absolute Gasteiger partial charge is 0.320 e. The summed E-state index contributed by atoms with van der Waals surface area (Å²) in [5.41, 5.74) is 0. The predicted molar refractivity (Wildman–Crippen MR) is 77.5 cm³/mol. The molecule has 0 N–H and O–H groups in total. The van der Waals surface area contributed by atoms with Crippen LogP contribution in [0.1, 0.15) is 52.9 Å². The fourth-order valence-electron chi connectivity index (χ4n) is 2.99. The lowest BCUT2D eigenvalue weighted by Gasteiger charge is -2.30. The molecule has 0 aromatic rings. The van der Waals surface area contributed by atoms with Crippen LogP contribution in [-0.2, 0) is 23.9 Å². The highest BCUT2D eigenvalue weighted by atomic mass is 16.6. The Balaban J connectivity index is 2.78. The Kier molecular flexibility index (Phi) is 7.40. The van der Waals surface area contributed by atoms with Crippen LogP contribution in [0, 0.1) is 17.8 Å². The van der Waals surface area contributed by atoms with Gasteiger partial charge in [0.15, 0.2) is 5.92 Å². The molecule has 0 bridgehead atoms. The quantitative estimate of drug-likeness (QED) is 0.533. The van der Waals surface area contributed by atoms with Crippen LogP contribution in [0.5, 0.6) is 0 Å². The van der Waals surface area contributed by atoms with Gasteiger partial charge in [0, 0.05) is 12.3 Å². The lowest BCUT2D eigenvalue weighted by Crippen LogP contribution is -2.39. The number of ketones is 1. The van der Waals surface area contributed by atoms with Crippen LogP contribution in [0.2, 0.25) is 0 Å². The second kappa shape index (κ2) is 8.80. The minimum atomic E-state index is -0.962. The van der Waals surface area contributed by atoms with E-state index in [1.165, 1.54) is 0 Å². The molecule has 0 radical (unpaired) electrons. The molecular formula is C16H26O5. The average molecular weight is 298 g/mol. The SMILES string of the molecule is CCC[C@@H]1CC[C@H](C(C(=O)OCC)C(=O)OCC)CC1=O. The van der Waals surface area contributed by atoms with E-state index >= 15 is 0 Å². The number of carbonyl (C=O) groups excluding carboxylic acids is 3. The third-order valence-corrected chi connectivity index (χ3v) is 3.99. The third kappa shape index (κ3) is 4.83. The zero-order valence-corrected chi connectivity index (χ0v) is 13.2. The van der Waals surface area contributed by atoms with Gasteiger partial charge in [0.05, 0.1) is 13.2 Å². The Morgan fingerprint density at radius 3 is 2.10 bits per heavy atom. The minimum Gasteiger partial charge on any atom is -0.465 e. The number of carbonyl (C=O) groups is 3. The van der Waals surface area contributed by atoms with Crippen molar-refractivity contribution in [2.24, 2.45) is 17.8 Å². The summed E-state index contributed by atoms with van der Waals surface area (Å²) in [5, 5.41) is 0. The summed E-state index contributed by atoms with van der Waals surface area (Å²) < 4.78 is 9.97. The number of hydrogen-bond acceptors (Lipinski definition) is 5. The van der Waals surface area contributed by atoms with Crippen LogP contribution in [0.3, 0.4) is 0 Å². The fraction of sp³-hybridized carbons (Fsp3) is 0.812. The van der Waals surface area contributed by atoms with E-state index in [-0.39, 0.29) is 37.3 Å². The lowest BCUT2D eigenvalue weighted by atomic mass is 9.74. The van der Waals surface area contributed by atoms with E-state index in [0.29, 0.717) is 6.42 Å². The van der Waals surface area contributed by atoms with Crippen LogP contribution >= 0.6 is 0 Å². The predicted octanol–water partition coefficient (Wildman–Crippen LogP) is 2.51. The first-order valence-electron chi connectivity index (χ1n) is 7.91. The Morgan fingerprint density at radius 2 is 1.67 bits per heavy atom. The summed E-state index contributed by atoms with van der Waals surface area (Å²) in [4.78, 5) is 36.2. The molecule has 0 aromatic heterocycles. The number of esters is 2. The summed E-state index contributed by atoms with van der Waals surface area (Å²) in [7, 11) is 0. The van der Waals surface area contributed by atoms with E-state index in [1.807, 2.05) is 0 Å². The minimum absolute atomic E-state index is 0.0799. The van der Waals surface area contributed by atoms with Crippen molar-refractivity contribution >= 4 is 17.7 Å². The van der Waals surface area contributed by atoms with Crippen LogP contribution in [0.15, 0.2) is 0 Å². The fourth-order valence-corrected chi connectivity index (χ4v) is 2.99. The summed E-state index contributed by atoms with van der Waals surface area (Å²) >= 11 is 0. The molecule has 21 heavy (non-hydrogen) atoms. The molecule has 0 saturated heterocycles. The maximum absolute atomic E-state index is 12.2. The van der Waals surface area contributed by atoms with Gasteiger partial charge in [0.1, 0.15) is 5.78 Å². The number of hydrogen-bond donors (Lipinski definition) is 0. The highest BCUT2D eigenvalue weighted by Gasteiger charge is 2.41. The van der Waals surface area contributed by atoms with E-state index in [0.717, 1.165) is 19.3 Å². The summed E-state index contributed by atoms with van der Waals surface area (Å²) in [6, 6.07) is 0. The number of Topliss-reactive ketones (excluding diaryl/α,β-unsaturated/α-hetero) is 1. The zero-order valence-electron chi connectivity index (χ0n) is 13.2. The van der Waals surface area contributed by atoms with E-state index in [9.17, 15) is 14.4 Å². The Morgan fingerprint density at radius 1 is 1.10 bits per heavy atom. The maximum Gasteiger partial charge on any atom is 0.320 e. The molecule has 1 aliphatic carbocycles. The first-order valence-corrected chi connectivity index (χ1v) is 7.91. The molecule has 0 spiro atoms. The monoisotopic (exact) mass is 298 g/mol. The van der Waals surface area contributed by atoms with Crippen molar-refractivity contribution in [2.75, 3.05) is 13.2 Å². The van der Waals surface area contributed by atoms with Gasteiger partial charge in [-0.3, -0.25) is 14.4 Å². The van der Waals surface area contributed by atoms with Gasteiger partial charge < -0.3 is 9.47 Å². The van der Waals surface area contributed by atoms with Gasteiger partial charge in [0.25, 0.3) is 0 Å². The second-order valence-electron chi connectivity index (χ2n) is 5.48. The van der Waals surface area contributed by atoms with E-state index in [1.54, 1.807) is 13.8 Å². The summed E-state index contributed by atoms with van der Waals surface area (Å²) in [6.45, 7) is 5.88. The Bertz CT molecular complexity index is 359. The molecule has 1 saturated carbocycles. The van der Waals surface area contributed by atoms with Crippen molar-refractivity contribution in [3.63, 3.8) is 0 Å². The molecular weight excluding hydrogens is 272 g/mol. The Hall–Kier alpha value is -1.39. The number of rotatable bonds is 7. The van der Waals surface area contributed by atoms with E-state index in [4.69, 9.17) is 9.47 Å².